The van der Waals surface area contributed by atoms with Crippen LogP contribution in [-0.4, -0.2) is 40.0 Å². The number of hydrogen-bond acceptors (Lipinski definition) is 4. The maximum absolute atomic E-state index is 14.3. The molecule has 0 saturated heterocycles. The highest BCUT2D eigenvalue weighted by Gasteiger charge is 2.36. The third kappa shape index (κ3) is 2.36. The van der Waals surface area contributed by atoms with Gasteiger partial charge in [-0.05, 0) is 6.92 Å². The lowest BCUT2D eigenvalue weighted by molar-refractivity contribution is 0.0515. The van der Waals surface area contributed by atoms with Gasteiger partial charge < -0.3 is 9.64 Å². The summed E-state index contributed by atoms with van der Waals surface area (Å²) in [6.07, 6.45) is 0.923. The first kappa shape index (κ1) is 16.9. The largest absolute Gasteiger partial charge is 0.461 e. The molecule has 6 nitrogen and oxygen atoms in total. The van der Waals surface area contributed by atoms with Gasteiger partial charge in [-0.3, -0.25) is 9.36 Å². The van der Waals surface area contributed by atoms with E-state index in [-0.39, 0.29) is 24.5 Å². The fourth-order valence-electron chi connectivity index (χ4n) is 2.62. The van der Waals surface area contributed by atoms with E-state index in [0.717, 1.165) is 15.8 Å². The number of esters is 1. The molecule has 0 bridgehead atoms. The smallest absolute Gasteiger partial charge is 0.358 e. The summed E-state index contributed by atoms with van der Waals surface area (Å²) in [5, 5.41) is 0. The number of halogens is 4. The van der Waals surface area contributed by atoms with E-state index in [1.165, 1.54) is 7.05 Å². The minimum absolute atomic E-state index is 0.0163. The van der Waals surface area contributed by atoms with Crippen LogP contribution in [0.3, 0.4) is 0 Å². The molecule has 0 radical (unpaired) electrons. The van der Waals surface area contributed by atoms with E-state index in [1.54, 1.807) is 6.92 Å². The first-order valence-electron chi connectivity index (χ1n) is 7.14. The zero-order chi connectivity index (χ0) is 18.5. The summed E-state index contributed by atoms with van der Waals surface area (Å²) in [6.45, 7) is 1.33. The van der Waals surface area contributed by atoms with Gasteiger partial charge >= 0.3 is 5.97 Å². The Bertz CT molecular complexity index is 910. The molecule has 0 atom stereocenters. The quantitative estimate of drug-likeness (QED) is 0.358. The van der Waals surface area contributed by atoms with Crippen molar-refractivity contribution in [2.24, 2.45) is 0 Å². The van der Waals surface area contributed by atoms with Gasteiger partial charge in [0, 0.05) is 7.05 Å². The molecule has 1 aromatic carbocycles. The van der Waals surface area contributed by atoms with Crippen LogP contribution < -0.4 is 0 Å². The van der Waals surface area contributed by atoms with Crippen LogP contribution in [0.25, 0.3) is 5.69 Å². The van der Waals surface area contributed by atoms with E-state index in [1.807, 2.05) is 0 Å². The summed E-state index contributed by atoms with van der Waals surface area (Å²) in [7, 11) is 1.24. The normalized spacial score (nSPS) is 13.4. The van der Waals surface area contributed by atoms with Gasteiger partial charge in [-0.2, -0.15) is 0 Å². The van der Waals surface area contributed by atoms with Crippen LogP contribution in [0.4, 0.5) is 17.6 Å². The molecule has 0 aliphatic carbocycles. The number of imidazole rings is 1. The zero-order valence-corrected chi connectivity index (χ0v) is 13.1. The fraction of sp³-hybridized carbons (Fsp3) is 0.267. The zero-order valence-electron chi connectivity index (χ0n) is 13.1. The number of amides is 1. The molecular formula is C15H11F4N3O3. The Kier molecular flexibility index (Phi) is 3.97. The van der Waals surface area contributed by atoms with Crippen LogP contribution in [0.2, 0.25) is 0 Å². The van der Waals surface area contributed by atoms with Gasteiger partial charge in [-0.1, -0.05) is 0 Å². The van der Waals surface area contributed by atoms with Crippen molar-refractivity contribution in [3.63, 3.8) is 0 Å². The summed E-state index contributed by atoms with van der Waals surface area (Å²) in [6, 6.07) is 0. The standard InChI is InChI=1S/C15H11F4N3O3/c1-3-25-15(24)12-6-4-21(2)14(23)7-8(16)9(17)10(18)11(19)13(7)22(6)5-20-12/h5H,3-4H2,1-2H3. The van der Waals surface area contributed by atoms with Crippen LogP contribution in [0.15, 0.2) is 6.33 Å². The van der Waals surface area contributed by atoms with Gasteiger partial charge in [0.25, 0.3) is 5.91 Å². The van der Waals surface area contributed by atoms with Gasteiger partial charge in [-0.15, -0.1) is 0 Å². The second-order valence-corrected chi connectivity index (χ2v) is 5.27. The van der Waals surface area contributed by atoms with Gasteiger partial charge in [0.15, 0.2) is 29.0 Å². The Morgan fingerprint density at radius 1 is 1.20 bits per heavy atom. The van der Waals surface area contributed by atoms with Crippen molar-refractivity contribution in [3.05, 3.63) is 46.5 Å². The van der Waals surface area contributed by atoms with Gasteiger partial charge in [0.1, 0.15) is 17.6 Å². The lowest BCUT2D eigenvalue weighted by atomic mass is 10.1. The maximum Gasteiger partial charge on any atom is 0.358 e. The fourth-order valence-corrected chi connectivity index (χ4v) is 2.62. The number of ether oxygens (including phenoxy) is 1. The number of nitrogens with zero attached hydrogens (tertiary/aromatic N) is 3. The highest BCUT2D eigenvalue weighted by atomic mass is 19.2. The number of rotatable bonds is 2. The molecule has 2 aromatic rings. The summed E-state index contributed by atoms with van der Waals surface area (Å²) >= 11 is 0. The summed E-state index contributed by atoms with van der Waals surface area (Å²) in [5.41, 5.74) is -2.08. The van der Waals surface area contributed by atoms with Crippen LogP contribution in [-0.2, 0) is 11.3 Å². The maximum atomic E-state index is 14.3. The van der Waals surface area contributed by atoms with Crippen molar-refractivity contribution in [2.45, 2.75) is 13.5 Å². The molecular weight excluding hydrogens is 346 g/mol. The summed E-state index contributed by atoms with van der Waals surface area (Å²) in [5.74, 6) is -9.64. The van der Waals surface area contributed by atoms with Crippen molar-refractivity contribution in [3.8, 4) is 5.69 Å². The molecule has 10 heteroatoms. The topological polar surface area (TPSA) is 64.4 Å². The number of carbonyl (C=O) groups excluding carboxylic acids is 2. The van der Waals surface area contributed by atoms with E-state index in [2.05, 4.69) is 4.98 Å². The molecule has 132 valence electrons. The summed E-state index contributed by atoms with van der Waals surface area (Å²) in [4.78, 5) is 29.0. The number of benzene rings is 1. The SMILES string of the molecule is CCOC(=O)c1ncn2c1CN(C)C(=O)c1c(F)c(F)c(F)c(F)c1-2. The van der Waals surface area contributed by atoms with Crippen LogP contribution in [0.5, 0.6) is 0 Å². The molecule has 0 fully saturated rings. The average molecular weight is 357 g/mol. The number of aromatic nitrogens is 2. The van der Waals surface area contributed by atoms with Crippen LogP contribution in [0, 0.1) is 23.3 Å². The van der Waals surface area contributed by atoms with Gasteiger partial charge in [-0.25, -0.2) is 27.3 Å². The van der Waals surface area contributed by atoms with Crippen molar-refractivity contribution in [1.29, 1.82) is 0 Å². The number of carbonyl (C=O) groups is 2. The second kappa shape index (κ2) is 5.87. The Morgan fingerprint density at radius 3 is 2.48 bits per heavy atom. The van der Waals surface area contributed by atoms with Gasteiger partial charge in [0.2, 0.25) is 0 Å². The van der Waals surface area contributed by atoms with Crippen molar-refractivity contribution in [1.82, 2.24) is 14.5 Å². The third-order valence-electron chi connectivity index (χ3n) is 3.77. The molecule has 0 N–H and O–H groups in total. The molecule has 1 aromatic heterocycles. The predicted octanol–water partition coefficient (Wildman–Crippen LogP) is 2.19. The lowest BCUT2D eigenvalue weighted by Crippen LogP contribution is -2.27. The summed E-state index contributed by atoms with van der Waals surface area (Å²) < 4.78 is 61.4. The molecule has 0 spiro atoms. The highest BCUT2D eigenvalue weighted by Crippen LogP contribution is 2.32. The minimum Gasteiger partial charge on any atom is -0.461 e. The average Bonchev–Trinajstić information content (AvgIpc) is 2.94. The van der Waals surface area contributed by atoms with Gasteiger partial charge in [0.05, 0.1) is 18.8 Å². The molecule has 0 unspecified atom stereocenters. The van der Waals surface area contributed by atoms with Crippen LogP contribution >= 0.6 is 0 Å². The molecule has 1 aliphatic rings. The molecule has 3 rings (SSSR count). The lowest BCUT2D eigenvalue weighted by Gasteiger charge is -2.15. The van der Waals surface area contributed by atoms with E-state index < -0.39 is 46.4 Å². The molecule has 25 heavy (non-hydrogen) atoms. The van der Waals surface area contributed by atoms with Crippen LogP contribution in [0.1, 0.15) is 33.5 Å². The molecule has 2 heterocycles. The van der Waals surface area contributed by atoms with Crippen molar-refractivity contribution in [2.75, 3.05) is 13.7 Å². The van der Waals surface area contributed by atoms with Crippen molar-refractivity contribution < 1.29 is 31.9 Å². The molecule has 0 saturated carbocycles. The van der Waals surface area contributed by atoms with Crippen molar-refractivity contribution >= 4 is 11.9 Å². The number of fused-ring (bicyclic) bond motifs is 3. The third-order valence-corrected chi connectivity index (χ3v) is 3.77. The first-order valence-corrected chi connectivity index (χ1v) is 7.14. The Hall–Kier alpha value is -2.91. The highest BCUT2D eigenvalue weighted by molar-refractivity contribution is 5.99. The molecule has 1 aliphatic heterocycles. The molecule has 1 amide bonds. The Labute approximate surface area is 138 Å². The second-order valence-electron chi connectivity index (χ2n) is 5.27. The monoisotopic (exact) mass is 357 g/mol. The van der Waals surface area contributed by atoms with E-state index in [9.17, 15) is 27.2 Å². The minimum atomic E-state index is -2.09. The van der Waals surface area contributed by atoms with E-state index in [4.69, 9.17) is 4.74 Å². The Balaban J connectivity index is 2.36. The first-order chi connectivity index (χ1) is 11.8. The van der Waals surface area contributed by atoms with E-state index >= 15 is 0 Å². The predicted molar refractivity (Wildman–Crippen MR) is 75.2 cm³/mol. The Morgan fingerprint density at radius 2 is 1.84 bits per heavy atom. The van der Waals surface area contributed by atoms with E-state index in [0.29, 0.717) is 0 Å². The number of hydrogen-bond donors (Lipinski definition) is 0.